The molecule has 3 unspecified atom stereocenters. The van der Waals surface area contributed by atoms with Crippen LogP contribution in [0.2, 0.25) is 0 Å². The predicted octanol–water partition coefficient (Wildman–Crippen LogP) is 0.826. The minimum absolute atomic E-state index is 0.0148. The van der Waals surface area contributed by atoms with E-state index in [1.165, 1.54) is 22.8 Å². The van der Waals surface area contributed by atoms with Gasteiger partial charge in [0, 0.05) is 0 Å². The number of aliphatic hydroxyl groups excluding tert-OH is 1. The molecule has 0 fully saturated rings. The summed E-state index contributed by atoms with van der Waals surface area (Å²) in [4.78, 5) is 0. The van der Waals surface area contributed by atoms with Gasteiger partial charge in [0.05, 0.1) is 0 Å². The maximum absolute atomic E-state index is 9.57. The van der Waals surface area contributed by atoms with Crippen LogP contribution in [-0.2, 0) is 4.74 Å². The average molecular weight is 527 g/mol. The second-order valence-corrected chi connectivity index (χ2v) is 12.5. The Morgan fingerprint density at radius 2 is 2.36 bits per heavy atom. The van der Waals surface area contributed by atoms with Gasteiger partial charge in [-0.15, -0.1) is 0 Å². The first kappa shape index (κ1) is 17.3. The Labute approximate surface area is 154 Å². The molecule has 0 aromatic heterocycles. The molecule has 0 saturated carbocycles. The molecule has 0 saturated heterocycles. The molecule has 1 heterocycles. The number of hydrogen-bond acceptors (Lipinski definition) is 2. The van der Waals surface area contributed by atoms with Crippen molar-refractivity contribution in [3.63, 3.8) is 0 Å². The van der Waals surface area contributed by atoms with Crippen LogP contribution in [0.4, 0.5) is 0 Å². The molecule has 124 valence electrons. The van der Waals surface area contributed by atoms with Gasteiger partial charge in [-0.1, -0.05) is 0 Å². The van der Waals surface area contributed by atoms with E-state index in [0.717, 1.165) is 12.3 Å². The molecule has 0 bridgehead atoms. The van der Waals surface area contributed by atoms with Crippen LogP contribution >= 0.6 is 20.7 Å². The standard InChI is InChI=1S/C18H25I2O2/c1-3-13(11-21)22-18-14-6-5-7-15-17(14)12(8-9-20-15)10-16(18)19-4-2/h4-7,12-13,16,18,21H,3,8-11H2,1-2H3/q-1/t12?,13-,16?,18?/m1/s1. The molecule has 3 rings (SSSR count). The summed E-state index contributed by atoms with van der Waals surface area (Å²) in [6.07, 6.45) is 3.79. The van der Waals surface area contributed by atoms with Gasteiger partial charge in [0.15, 0.2) is 0 Å². The molecule has 0 spiro atoms. The van der Waals surface area contributed by atoms with Crippen LogP contribution in [0.3, 0.4) is 0 Å². The second kappa shape index (κ2) is 8.03. The molecule has 4 atom stereocenters. The first-order chi connectivity index (χ1) is 10.8. The number of hydrogen-bond donors (Lipinski definition) is 1. The second-order valence-electron chi connectivity index (χ2n) is 5.92. The van der Waals surface area contributed by atoms with Crippen molar-refractivity contribution in [2.24, 2.45) is 0 Å². The average Bonchev–Trinajstić information content (AvgIpc) is 2.55. The molecule has 4 heteroatoms. The van der Waals surface area contributed by atoms with Crippen molar-refractivity contribution in [1.29, 1.82) is 0 Å². The van der Waals surface area contributed by atoms with Crippen molar-refractivity contribution in [3.8, 4) is 0 Å². The topological polar surface area (TPSA) is 29.5 Å². The van der Waals surface area contributed by atoms with Gasteiger partial charge >= 0.3 is 155 Å². The number of aliphatic hydroxyl groups is 1. The summed E-state index contributed by atoms with van der Waals surface area (Å²) in [5, 5.41) is 9.57. The number of benzene rings is 1. The fourth-order valence-corrected chi connectivity index (χ4v) is 9.56. The van der Waals surface area contributed by atoms with Gasteiger partial charge < -0.3 is 0 Å². The zero-order valence-electron chi connectivity index (χ0n) is 13.3. The first-order valence-electron chi connectivity index (χ1n) is 8.16. The van der Waals surface area contributed by atoms with Crippen molar-refractivity contribution >= 4 is 24.7 Å². The monoisotopic (exact) mass is 527 g/mol. The van der Waals surface area contributed by atoms with Crippen molar-refractivity contribution in [2.45, 2.75) is 55.2 Å². The van der Waals surface area contributed by atoms with E-state index >= 15 is 0 Å². The van der Waals surface area contributed by atoms with Crippen LogP contribution in [-0.4, -0.2) is 30.2 Å². The molecule has 0 amide bonds. The molecule has 0 radical (unpaired) electrons. The first-order valence-corrected chi connectivity index (χ1v) is 13.3. The van der Waals surface area contributed by atoms with Crippen molar-refractivity contribution in [2.75, 3.05) is 11.0 Å². The molecule has 1 aliphatic carbocycles. The molecular weight excluding hydrogens is 502 g/mol. The Bertz CT molecular complexity index is 540. The Hall–Kier alpha value is 0.470. The summed E-state index contributed by atoms with van der Waals surface area (Å²) >= 11 is 0.260. The number of rotatable bonds is 5. The van der Waals surface area contributed by atoms with Gasteiger partial charge in [0.1, 0.15) is 0 Å². The molecule has 2 aliphatic rings. The fraction of sp³-hybridized carbons (Fsp3) is 0.611. The fourth-order valence-electron chi connectivity index (χ4n) is 3.52. The zero-order chi connectivity index (χ0) is 15.5. The zero-order valence-corrected chi connectivity index (χ0v) is 17.6. The Balaban J connectivity index is 2.00. The van der Waals surface area contributed by atoms with E-state index in [0.29, 0.717) is 3.92 Å². The summed E-state index contributed by atoms with van der Waals surface area (Å²) < 4.78 is 12.6. The van der Waals surface area contributed by atoms with Gasteiger partial charge in [-0.25, -0.2) is 0 Å². The van der Waals surface area contributed by atoms with Crippen LogP contribution in [0, 0.1) is 3.57 Å². The Morgan fingerprint density at radius 1 is 1.50 bits per heavy atom. The van der Waals surface area contributed by atoms with Gasteiger partial charge in [0.25, 0.3) is 0 Å². The van der Waals surface area contributed by atoms with E-state index in [1.54, 1.807) is 9.13 Å². The summed E-state index contributed by atoms with van der Waals surface area (Å²) in [6, 6.07) is 6.91. The van der Waals surface area contributed by atoms with Gasteiger partial charge in [-0.2, -0.15) is 0 Å². The van der Waals surface area contributed by atoms with E-state index in [1.807, 2.05) is 0 Å². The minimum atomic E-state index is -0.0148. The third-order valence-corrected chi connectivity index (χ3v) is 10.4. The molecule has 22 heavy (non-hydrogen) atoms. The van der Waals surface area contributed by atoms with Crippen molar-refractivity contribution < 1.29 is 31.0 Å². The number of alkyl halides is 2. The van der Waals surface area contributed by atoms with E-state index in [9.17, 15) is 5.11 Å². The Kier molecular flexibility index (Phi) is 6.31. The predicted molar refractivity (Wildman–Crippen MR) is 96.5 cm³/mol. The SMILES string of the molecule is CC=IC1CC2CC[I-]c3cccc(c32)C1O[C@H](CC)CO. The van der Waals surface area contributed by atoms with Gasteiger partial charge in [-0.05, 0) is 0 Å². The van der Waals surface area contributed by atoms with Crippen LogP contribution < -0.4 is 21.2 Å². The summed E-state index contributed by atoms with van der Waals surface area (Å²) in [6.45, 7) is 4.44. The van der Waals surface area contributed by atoms with E-state index < -0.39 is 0 Å². The quantitative estimate of drug-likeness (QED) is 0.455. The normalized spacial score (nSPS) is 29.3. The summed E-state index contributed by atoms with van der Waals surface area (Å²) in [5.41, 5.74) is 3.11. The molecule has 2 nitrogen and oxygen atoms in total. The van der Waals surface area contributed by atoms with Crippen LogP contribution in [0.5, 0.6) is 0 Å². The number of ether oxygens (including phenoxy) is 1. The third kappa shape index (κ3) is 3.44. The van der Waals surface area contributed by atoms with Crippen molar-refractivity contribution in [1.82, 2.24) is 0 Å². The van der Waals surface area contributed by atoms with E-state index in [-0.39, 0.29) is 60.8 Å². The van der Waals surface area contributed by atoms with Gasteiger partial charge in [0.2, 0.25) is 0 Å². The van der Waals surface area contributed by atoms with E-state index in [2.05, 4.69) is 36.1 Å². The maximum atomic E-state index is 9.57. The molecule has 1 aromatic carbocycles. The van der Waals surface area contributed by atoms with E-state index in [4.69, 9.17) is 4.74 Å². The summed E-state index contributed by atoms with van der Waals surface area (Å²) in [7, 11) is 0. The Morgan fingerprint density at radius 3 is 3.09 bits per heavy atom. The number of halogens is 2. The van der Waals surface area contributed by atoms with Crippen LogP contribution in [0.25, 0.3) is 0 Å². The van der Waals surface area contributed by atoms with Crippen LogP contribution in [0.1, 0.15) is 56.3 Å². The molecule has 1 aromatic rings. The third-order valence-electron chi connectivity index (χ3n) is 4.62. The summed E-state index contributed by atoms with van der Waals surface area (Å²) in [5.74, 6) is 0.776. The molecule has 1 aliphatic heterocycles. The molecular formula is C18H25I2O2-. The van der Waals surface area contributed by atoms with Crippen molar-refractivity contribution in [3.05, 3.63) is 32.9 Å². The molecule has 1 N–H and O–H groups in total. The van der Waals surface area contributed by atoms with Gasteiger partial charge in [-0.3, -0.25) is 0 Å². The van der Waals surface area contributed by atoms with Crippen LogP contribution in [0.15, 0.2) is 18.2 Å².